The molecule has 4 rings (SSSR count). The molecule has 0 saturated heterocycles. The molecule has 0 saturated carbocycles. The van der Waals surface area contributed by atoms with Crippen LogP contribution in [0.25, 0.3) is 22.4 Å². The summed E-state index contributed by atoms with van der Waals surface area (Å²) in [4.78, 5) is 47.3. The Hall–Kier alpha value is -4.27. The monoisotopic (exact) mass is 431 g/mol. The number of carbonyl (C=O) groups excluding carboxylic acids is 1. The number of nitrogens with zero attached hydrogens (tertiary/aromatic N) is 4. The number of hydrogen-bond donors (Lipinski definition) is 1. The van der Waals surface area contributed by atoms with Gasteiger partial charge in [0.15, 0.2) is 11.5 Å². The van der Waals surface area contributed by atoms with E-state index in [1.165, 1.54) is 10.8 Å². The first-order chi connectivity index (χ1) is 15.5. The van der Waals surface area contributed by atoms with Gasteiger partial charge < -0.3 is 10.1 Å². The van der Waals surface area contributed by atoms with E-state index in [2.05, 4.69) is 15.3 Å². The molecule has 1 amide bonds. The highest BCUT2D eigenvalue weighted by Crippen LogP contribution is 2.16. The number of nitrogens with one attached hydrogen (secondary N) is 1. The Labute approximate surface area is 182 Å². The number of hydrogen-bond acceptors (Lipinski definition) is 6. The molecule has 4 aromatic rings. The van der Waals surface area contributed by atoms with E-state index in [1.54, 1.807) is 38.3 Å². The molecular weight excluding hydrogens is 410 g/mol. The third kappa shape index (κ3) is 4.00. The number of carbonyl (C=O) groups is 1. The van der Waals surface area contributed by atoms with Gasteiger partial charge in [-0.05, 0) is 31.2 Å². The van der Waals surface area contributed by atoms with Crippen molar-refractivity contribution in [3.8, 4) is 17.1 Å². The minimum atomic E-state index is -0.612. The van der Waals surface area contributed by atoms with Crippen molar-refractivity contribution in [2.24, 2.45) is 0 Å². The molecule has 0 fully saturated rings. The summed E-state index contributed by atoms with van der Waals surface area (Å²) in [5, 5.41) is 2.85. The minimum Gasteiger partial charge on any atom is -0.497 e. The van der Waals surface area contributed by atoms with Gasteiger partial charge in [-0.2, -0.15) is 0 Å². The maximum Gasteiger partial charge on any atom is 0.333 e. The lowest BCUT2D eigenvalue weighted by molar-refractivity contribution is -0.116. The highest BCUT2D eigenvalue weighted by Gasteiger charge is 2.17. The highest BCUT2D eigenvalue weighted by atomic mass is 16.5. The molecular formula is C23H21N5O4. The van der Waals surface area contributed by atoms with Crippen LogP contribution in [0.15, 0.2) is 70.4 Å². The molecule has 32 heavy (non-hydrogen) atoms. The summed E-state index contributed by atoms with van der Waals surface area (Å²) in [7, 11) is 1.55. The second-order valence-corrected chi connectivity index (χ2v) is 6.99. The summed E-state index contributed by atoms with van der Waals surface area (Å²) >= 11 is 0. The van der Waals surface area contributed by atoms with Crippen LogP contribution in [0.3, 0.4) is 0 Å². The van der Waals surface area contributed by atoms with Crippen molar-refractivity contribution in [2.45, 2.75) is 20.0 Å². The number of fused-ring (bicyclic) bond motifs is 1. The number of methoxy groups -OCH3 is 1. The standard InChI is InChI=1S/C23H21N5O4/c1-3-27-21-18(13-24-20(26-21)15-7-5-4-6-8-15)22(30)28(23(27)31)14-19(29)25-16-9-11-17(32-2)12-10-16/h4-13H,3,14H2,1-2H3,(H,25,29). The van der Waals surface area contributed by atoms with Gasteiger partial charge in [0, 0.05) is 24.0 Å². The van der Waals surface area contributed by atoms with Crippen molar-refractivity contribution in [3.05, 3.63) is 81.6 Å². The number of amides is 1. The van der Waals surface area contributed by atoms with Crippen molar-refractivity contribution in [2.75, 3.05) is 12.4 Å². The molecule has 2 heterocycles. The van der Waals surface area contributed by atoms with Gasteiger partial charge in [0.2, 0.25) is 5.91 Å². The van der Waals surface area contributed by atoms with E-state index in [0.717, 1.165) is 10.1 Å². The maximum absolute atomic E-state index is 13.0. The number of aromatic nitrogens is 4. The first-order valence-corrected chi connectivity index (χ1v) is 10.0. The molecule has 0 spiro atoms. The van der Waals surface area contributed by atoms with Gasteiger partial charge in [0.05, 0.1) is 7.11 Å². The zero-order valence-corrected chi connectivity index (χ0v) is 17.6. The second-order valence-electron chi connectivity index (χ2n) is 6.99. The minimum absolute atomic E-state index is 0.170. The molecule has 0 radical (unpaired) electrons. The summed E-state index contributed by atoms with van der Waals surface area (Å²) in [6.45, 7) is 1.62. The number of benzene rings is 2. The average Bonchev–Trinajstić information content (AvgIpc) is 2.83. The van der Waals surface area contributed by atoms with Gasteiger partial charge in [-0.3, -0.25) is 18.7 Å². The van der Waals surface area contributed by atoms with Crippen LogP contribution in [0.4, 0.5) is 5.69 Å². The third-order valence-corrected chi connectivity index (χ3v) is 4.99. The van der Waals surface area contributed by atoms with Crippen LogP contribution in [-0.4, -0.2) is 32.1 Å². The summed E-state index contributed by atoms with van der Waals surface area (Å²) in [6, 6.07) is 16.0. The molecule has 1 N–H and O–H groups in total. The molecule has 162 valence electrons. The van der Waals surface area contributed by atoms with E-state index in [-0.39, 0.29) is 17.6 Å². The Morgan fingerprint density at radius 2 is 1.75 bits per heavy atom. The second kappa shape index (κ2) is 8.84. The zero-order valence-electron chi connectivity index (χ0n) is 17.6. The van der Waals surface area contributed by atoms with Crippen LogP contribution in [0.1, 0.15) is 6.92 Å². The Bertz CT molecular complexity index is 1390. The largest absolute Gasteiger partial charge is 0.497 e. The molecule has 0 bridgehead atoms. The molecule has 2 aromatic heterocycles. The number of rotatable bonds is 6. The van der Waals surface area contributed by atoms with E-state index >= 15 is 0 Å². The van der Waals surface area contributed by atoms with Crippen molar-refractivity contribution < 1.29 is 9.53 Å². The SMILES string of the molecule is CCn1c(=O)n(CC(=O)Nc2ccc(OC)cc2)c(=O)c2cnc(-c3ccccc3)nc21. The molecule has 0 atom stereocenters. The molecule has 2 aromatic carbocycles. The van der Waals surface area contributed by atoms with E-state index in [0.29, 0.717) is 17.3 Å². The van der Waals surface area contributed by atoms with Gasteiger partial charge in [0.25, 0.3) is 5.56 Å². The Morgan fingerprint density at radius 1 is 1.03 bits per heavy atom. The Balaban J connectivity index is 1.71. The predicted octanol–water partition coefficient (Wildman–Crippen LogP) is 2.29. The van der Waals surface area contributed by atoms with Crippen LogP contribution in [0, 0.1) is 0 Å². The Kier molecular flexibility index (Phi) is 5.80. The lowest BCUT2D eigenvalue weighted by Gasteiger charge is -2.13. The predicted molar refractivity (Wildman–Crippen MR) is 121 cm³/mol. The molecule has 0 aliphatic rings. The van der Waals surface area contributed by atoms with Crippen molar-refractivity contribution in [1.82, 2.24) is 19.1 Å². The van der Waals surface area contributed by atoms with Crippen LogP contribution in [0.5, 0.6) is 5.75 Å². The fraction of sp³-hybridized carbons (Fsp3) is 0.174. The van der Waals surface area contributed by atoms with Crippen LogP contribution >= 0.6 is 0 Å². The van der Waals surface area contributed by atoms with E-state index in [9.17, 15) is 14.4 Å². The zero-order chi connectivity index (χ0) is 22.7. The molecule has 0 unspecified atom stereocenters. The van der Waals surface area contributed by atoms with Gasteiger partial charge in [-0.15, -0.1) is 0 Å². The number of aryl methyl sites for hydroxylation is 1. The highest BCUT2D eigenvalue weighted by molar-refractivity contribution is 5.90. The first kappa shape index (κ1) is 21.0. The van der Waals surface area contributed by atoms with Gasteiger partial charge in [-0.25, -0.2) is 14.8 Å². The topological polar surface area (TPSA) is 108 Å². The normalized spacial score (nSPS) is 10.8. The molecule has 9 nitrogen and oxygen atoms in total. The molecule has 0 aliphatic heterocycles. The number of ether oxygens (including phenoxy) is 1. The summed E-state index contributed by atoms with van der Waals surface area (Å²) in [6.07, 6.45) is 1.40. The van der Waals surface area contributed by atoms with Crippen molar-refractivity contribution >= 4 is 22.6 Å². The Morgan fingerprint density at radius 3 is 2.41 bits per heavy atom. The quantitative estimate of drug-likeness (QED) is 0.502. The molecule has 0 aliphatic carbocycles. The van der Waals surface area contributed by atoms with Crippen LogP contribution in [-0.2, 0) is 17.9 Å². The summed E-state index contributed by atoms with van der Waals surface area (Å²) < 4.78 is 7.36. The van der Waals surface area contributed by atoms with Crippen LogP contribution < -0.4 is 21.3 Å². The average molecular weight is 431 g/mol. The van der Waals surface area contributed by atoms with E-state index < -0.39 is 23.7 Å². The summed E-state index contributed by atoms with van der Waals surface area (Å²) in [5.41, 5.74) is 0.318. The van der Waals surface area contributed by atoms with E-state index in [4.69, 9.17) is 4.74 Å². The molecule has 9 heteroatoms. The van der Waals surface area contributed by atoms with Crippen LogP contribution in [0.2, 0.25) is 0 Å². The third-order valence-electron chi connectivity index (χ3n) is 4.99. The fourth-order valence-electron chi connectivity index (χ4n) is 3.37. The smallest absolute Gasteiger partial charge is 0.333 e. The van der Waals surface area contributed by atoms with Gasteiger partial charge >= 0.3 is 5.69 Å². The number of anilines is 1. The lowest BCUT2D eigenvalue weighted by Crippen LogP contribution is -2.42. The fourth-order valence-corrected chi connectivity index (χ4v) is 3.37. The van der Waals surface area contributed by atoms with Crippen molar-refractivity contribution in [3.63, 3.8) is 0 Å². The first-order valence-electron chi connectivity index (χ1n) is 10.0. The van der Waals surface area contributed by atoms with Crippen molar-refractivity contribution in [1.29, 1.82) is 0 Å². The lowest BCUT2D eigenvalue weighted by atomic mass is 10.2. The van der Waals surface area contributed by atoms with E-state index in [1.807, 2.05) is 30.3 Å². The van der Waals surface area contributed by atoms with Gasteiger partial charge in [0.1, 0.15) is 17.7 Å². The summed E-state index contributed by atoms with van der Waals surface area (Å²) in [5.74, 6) is 0.557. The van der Waals surface area contributed by atoms with Gasteiger partial charge in [-0.1, -0.05) is 30.3 Å². The maximum atomic E-state index is 13.0.